The lowest BCUT2D eigenvalue weighted by Gasteiger charge is -2.35. The Balaban J connectivity index is 1.42. The second-order valence-corrected chi connectivity index (χ2v) is 10.8. The standard InChI is InChI=1S/C29H25ClN2O3S/c1-29(2)16-18-11-12-20(35-3)14-22(18)23(32-29)15-24(33)17-7-6-8-19(13-17)31-28(34)27-26(30)21-9-4-5-10-25(21)36-27/h4-15,32H,16H2,1-3H3,(H,31,34). The summed E-state index contributed by atoms with van der Waals surface area (Å²) in [6.45, 7) is 4.21. The number of carbonyl (C=O) groups is 2. The molecule has 1 aliphatic heterocycles. The Morgan fingerprint density at radius 1 is 1.08 bits per heavy atom. The molecule has 0 radical (unpaired) electrons. The summed E-state index contributed by atoms with van der Waals surface area (Å²) < 4.78 is 6.35. The van der Waals surface area contributed by atoms with Crippen molar-refractivity contribution in [3.05, 3.63) is 99.4 Å². The Labute approximate surface area is 218 Å². The lowest BCUT2D eigenvalue weighted by Crippen LogP contribution is -2.43. The number of ketones is 1. The van der Waals surface area contributed by atoms with E-state index in [1.54, 1.807) is 37.5 Å². The highest BCUT2D eigenvalue weighted by atomic mass is 35.5. The van der Waals surface area contributed by atoms with E-state index in [0.29, 0.717) is 21.2 Å². The maximum absolute atomic E-state index is 13.3. The van der Waals surface area contributed by atoms with Crippen molar-refractivity contribution in [2.75, 3.05) is 12.4 Å². The number of fused-ring (bicyclic) bond motifs is 2. The van der Waals surface area contributed by atoms with Crippen LogP contribution in [-0.4, -0.2) is 24.3 Å². The Morgan fingerprint density at radius 3 is 2.67 bits per heavy atom. The van der Waals surface area contributed by atoms with Gasteiger partial charge in [-0.2, -0.15) is 0 Å². The number of hydrogen-bond acceptors (Lipinski definition) is 5. The molecule has 1 aromatic heterocycles. The maximum atomic E-state index is 13.3. The van der Waals surface area contributed by atoms with E-state index in [1.165, 1.54) is 11.3 Å². The SMILES string of the molecule is COc1ccc2c(c1)C(=CC(=O)c1cccc(NC(=O)c3sc4ccccc4c3Cl)c1)NC(C)(C)C2. The number of rotatable bonds is 5. The number of thiophene rings is 1. The van der Waals surface area contributed by atoms with Crippen molar-refractivity contribution in [2.24, 2.45) is 0 Å². The minimum Gasteiger partial charge on any atom is -0.497 e. The highest BCUT2D eigenvalue weighted by molar-refractivity contribution is 7.21. The molecule has 4 aromatic rings. The Bertz CT molecular complexity index is 1540. The van der Waals surface area contributed by atoms with Gasteiger partial charge in [0, 0.05) is 44.2 Å². The zero-order valence-electron chi connectivity index (χ0n) is 20.1. The van der Waals surface area contributed by atoms with Crippen LogP contribution >= 0.6 is 22.9 Å². The van der Waals surface area contributed by atoms with Crippen LogP contribution in [0.3, 0.4) is 0 Å². The quantitative estimate of drug-likeness (QED) is 0.222. The van der Waals surface area contributed by atoms with Gasteiger partial charge in [0.05, 0.1) is 12.1 Å². The van der Waals surface area contributed by atoms with Crippen LogP contribution in [0.2, 0.25) is 5.02 Å². The van der Waals surface area contributed by atoms with Gasteiger partial charge in [0.15, 0.2) is 5.78 Å². The molecule has 3 aromatic carbocycles. The second kappa shape index (κ2) is 9.45. The first-order chi connectivity index (χ1) is 17.2. The predicted octanol–water partition coefficient (Wildman–Crippen LogP) is 6.96. The normalized spacial score (nSPS) is 15.3. The van der Waals surface area contributed by atoms with Gasteiger partial charge in [-0.15, -0.1) is 11.3 Å². The van der Waals surface area contributed by atoms with Gasteiger partial charge in [0.2, 0.25) is 0 Å². The Kier molecular flexibility index (Phi) is 6.33. The van der Waals surface area contributed by atoms with Crippen molar-refractivity contribution in [1.29, 1.82) is 0 Å². The number of benzene rings is 3. The summed E-state index contributed by atoms with van der Waals surface area (Å²) in [4.78, 5) is 26.7. The molecule has 5 rings (SSSR count). The zero-order chi connectivity index (χ0) is 25.4. The third kappa shape index (κ3) is 4.74. The number of anilines is 1. The second-order valence-electron chi connectivity index (χ2n) is 9.41. The summed E-state index contributed by atoms with van der Waals surface area (Å²) in [6, 6.07) is 20.5. The fourth-order valence-electron chi connectivity index (χ4n) is 4.47. The number of ether oxygens (including phenoxy) is 1. The summed E-state index contributed by atoms with van der Waals surface area (Å²) in [5.74, 6) is 0.263. The molecule has 0 saturated heterocycles. The lowest BCUT2D eigenvalue weighted by atomic mass is 9.85. The number of methoxy groups -OCH3 is 1. The third-order valence-electron chi connectivity index (χ3n) is 6.13. The van der Waals surface area contributed by atoms with Gasteiger partial charge in [0.25, 0.3) is 5.91 Å². The molecule has 0 saturated carbocycles. The van der Waals surface area contributed by atoms with Crippen molar-refractivity contribution in [2.45, 2.75) is 25.8 Å². The molecule has 0 atom stereocenters. The number of nitrogens with one attached hydrogen (secondary N) is 2. The van der Waals surface area contributed by atoms with Crippen molar-refractivity contribution in [3.8, 4) is 5.75 Å². The maximum Gasteiger partial charge on any atom is 0.267 e. The molecule has 5 nitrogen and oxygen atoms in total. The average molecular weight is 517 g/mol. The van der Waals surface area contributed by atoms with Crippen LogP contribution in [0.25, 0.3) is 15.8 Å². The molecule has 182 valence electrons. The molecule has 0 fully saturated rings. The first-order valence-corrected chi connectivity index (χ1v) is 12.7. The first kappa shape index (κ1) is 24.1. The fraction of sp³-hybridized carbons (Fsp3) is 0.172. The van der Waals surface area contributed by atoms with Crippen molar-refractivity contribution >= 4 is 56.1 Å². The van der Waals surface area contributed by atoms with E-state index in [2.05, 4.69) is 24.5 Å². The summed E-state index contributed by atoms with van der Waals surface area (Å²) in [6.07, 6.45) is 2.45. The molecule has 2 N–H and O–H groups in total. The monoisotopic (exact) mass is 516 g/mol. The summed E-state index contributed by atoms with van der Waals surface area (Å²) in [5, 5.41) is 7.66. The Hall–Kier alpha value is -3.61. The molecular weight excluding hydrogens is 492 g/mol. The number of allylic oxidation sites excluding steroid dienone is 1. The predicted molar refractivity (Wildman–Crippen MR) is 147 cm³/mol. The molecule has 36 heavy (non-hydrogen) atoms. The topological polar surface area (TPSA) is 67.4 Å². The largest absolute Gasteiger partial charge is 0.497 e. The number of hydrogen-bond donors (Lipinski definition) is 2. The minimum atomic E-state index is -0.305. The van der Waals surface area contributed by atoms with Crippen LogP contribution in [0.5, 0.6) is 5.75 Å². The highest BCUT2D eigenvalue weighted by Gasteiger charge is 2.28. The van der Waals surface area contributed by atoms with Crippen LogP contribution in [0.4, 0.5) is 5.69 Å². The van der Waals surface area contributed by atoms with Crippen molar-refractivity contribution in [1.82, 2.24) is 5.32 Å². The van der Waals surface area contributed by atoms with Crippen LogP contribution < -0.4 is 15.4 Å². The molecule has 0 spiro atoms. The summed E-state index contributed by atoms with van der Waals surface area (Å²) in [7, 11) is 1.63. The van der Waals surface area contributed by atoms with Crippen LogP contribution in [-0.2, 0) is 6.42 Å². The highest BCUT2D eigenvalue weighted by Crippen LogP contribution is 2.36. The minimum absolute atomic E-state index is 0.167. The van der Waals surface area contributed by atoms with E-state index < -0.39 is 0 Å². The summed E-state index contributed by atoms with van der Waals surface area (Å²) >= 11 is 7.81. The molecular formula is C29H25ClN2O3S. The molecule has 2 heterocycles. The van der Waals surface area contributed by atoms with Crippen LogP contribution in [0, 0.1) is 0 Å². The molecule has 0 aliphatic carbocycles. The lowest BCUT2D eigenvalue weighted by molar-refractivity contribution is 0.102. The van der Waals surface area contributed by atoms with Crippen LogP contribution in [0.1, 0.15) is 45.0 Å². The third-order valence-corrected chi connectivity index (χ3v) is 7.81. The van der Waals surface area contributed by atoms with Crippen molar-refractivity contribution in [3.63, 3.8) is 0 Å². The number of amides is 1. The van der Waals surface area contributed by atoms with Crippen LogP contribution in [0.15, 0.2) is 72.8 Å². The van der Waals surface area contributed by atoms with E-state index in [1.807, 2.05) is 42.5 Å². The summed E-state index contributed by atoms with van der Waals surface area (Å²) in [5.41, 5.74) is 3.64. The van der Waals surface area contributed by atoms with E-state index in [-0.39, 0.29) is 17.2 Å². The van der Waals surface area contributed by atoms with Crippen molar-refractivity contribution < 1.29 is 14.3 Å². The van der Waals surface area contributed by atoms with E-state index >= 15 is 0 Å². The van der Waals surface area contributed by atoms with Gasteiger partial charge in [0.1, 0.15) is 10.6 Å². The van der Waals surface area contributed by atoms with E-state index in [9.17, 15) is 9.59 Å². The van der Waals surface area contributed by atoms with E-state index in [0.717, 1.165) is 39.1 Å². The van der Waals surface area contributed by atoms with E-state index in [4.69, 9.17) is 16.3 Å². The molecule has 7 heteroatoms. The fourth-order valence-corrected chi connectivity index (χ4v) is 5.88. The van der Waals surface area contributed by atoms with Gasteiger partial charge < -0.3 is 15.4 Å². The Morgan fingerprint density at radius 2 is 1.89 bits per heavy atom. The average Bonchev–Trinajstić information content (AvgIpc) is 3.20. The zero-order valence-corrected chi connectivity index (χ0v) is 21.7. The smallest absolute Gasteiger partial charge is 0.267 e. The molecule has 1 amide bonds. The van der Waals surface area contributed by atoms with Gasteiger partial charge in [-0.05, 0) is 56.2 Å². The number of halogens is 1. The molecule has 0 unspecified atom stereocenters. The molecule has 1 aliphatic rings. The van der Waals surface area contributed by atoms with Gasteiger partial charge in [-0.1, -0.05) is 48.0 Å². The van der Waals surface area contributed by atoms with Gasteiger partial charge >= 0.3 is 0 Å². The first-order valence-electron chi connectivity index (χ1n) is 11.5. The molecule has 0 bridgehead atoms. The number of carbonyl (C=O) groups excluding carboxylic acids is 2. The van der Waals surface area contributed by atoms with Gasteiger partial charge in [-0.25, -0.2) is 0 Å². The van der Waals surface area contributed by atoms with Gasteiger partial charge in [-0.3, -0.25) is 9.59 Å².